The molecule has 2 aromatic carbocycles. The molecule has 0 amide bonds. The number of benzene rings is 2. The van der Waals surface area contributed by atoms with Gasteiger partial charge in [0.2, 0.25) is 0 Å². The molecule has 2 N–H and O–H groups in total. The van der Waals surface area contributed by atoms with Crippen LogP contribution in [0.2, 0.25) is 0 Å². The molecule has 23 heavy (non-hydrogen) atoms. The molecule has 0 saturated carbocycles. The molecule has 123 valence electrons. The molecule has 0 saturated heterocycles. The molecule has 0 aliphatic rings. The van der Waals surface area contributed by atoms with E-state index < -0.39 is 11.6 Å². The molecular formula is C18H22BF2O2. The summed E-state index contributed by atoms with van der Waals surface area (Å²) in [7, 11) is 0. The van der Waals surface area contributed by atoms with Gasteiger partial charge in [-0.1, -0.05) is 50.5 Å². The fraction of sp³-hybridized carbons (Fsp3) is 0.333. The Balaban J connectivity index is 0.000000816. The van der Waals surface area contributed by atoms with Crippen LogP contribution in [0.15, 0.2) is 42.5 Å². The maximum absolute atomic E-state index is 13.2. The summed E-state index contributed by atoms with van der Waals surface area (Å²) in [5.41, 5.74) is 2.71. The largest absolute Gasteiger partial charge is 0.482 e. The molecule has 0 unspecified atom stereocenters. The van der Waals surface area contributed by atoms with Crippen molar-refractivity contribution in [3.63, 3.8) is 0 Å². The number of hydrogen-bond acceptors (Lipinski definition) is 2. The maximum atomic E-state index is 13.2. The summed E-state index contributed by atoms with van der Waals surface area (Å²) < 4.78 is 26.4. The van der Waals surface area contributed by atoms with Gasteiger partial charge in [-0.05, 0) is 41.7 Å². The zero-order chi connectivity index (χ0) is 17.1. The van der Waals surface area contributed by atoms with Crippen molar-refractivity contribution in [2.75, 3.05) is 0 Å². The first-order chi connectivity index (χ1) is 11.1. The lowest BCUT2D eigenvalue weighted by Crippen LogP contribution is -1.88. The third-order valence-corrected chi connectivity index (χ3v) is 3.47. The number of hydrogen-bond donors (Lipinski definition) is 2. The SMILES string of the molecule is CCCCCCc1ccc(-c2cc(F)cc(F)c2)cc1.O[B]O. The quantitative estimate of drug-likeness (QED) is 0.617. The van der Waals surface area contributed by atoms with Crippen molar-refractivity contribution in [3.05, 3.63) is 59.7 Å². The zero-order valence-corrected chi connectivity index (χ0v) is 13.3. The Hall–Kier alpha value is -1.72. The average Bonchev–Trinajstić information content (AvgIpc) is 2.52. The molecule has 2 aromatic rings. The van der Waals surface area contributed by atoms with Crippen LogP contribution < -0.4 is 0 Å². The van der Waals surface area contributed by atoms with Gasteiger partial charge in [-0.15, -0.1) is 0 Å². The molecular weight excluding hydrogens is 297 g/mol. The average molecular weight is 319 g/mol. The van der Waals surface area contributed by atoms with Gasteiger partial charge in [0.05, 0.1) is 0 Å². The van der Waals surface area contributed by atoms with E-state index in [0.29, 0.717) is 5.56 Å². The minimum atomic E-state index is -0.538. The molecule has 0 spiro atoms. The van der Waals surface area contributed by atoms with Crippen molar-refractivity contribution >= 4 is 7.69 Å². The van der Waals surface area contributed by atoms with Crippen LogP contribution in [0, 0.1) is 11.6 Å². The van der Waals surface area contributed by atoms with E-state index in [-0.39, 0.29) is 7.69 Å². The Morgan fingerprint density at radius 3 is 1.91 bits per heavy atom. The van der Waals surface area contributed by atoms with Crippen LogP contribution in [0.5, 0.6) is 0 Å². The molecule has 0 aliphatic heterocycles. The van der Waals surface area contributed by atoms with E-state index in [2.05, 4.69) is 6.92 Å². The Labute approximate surface area is 137 Å². The Morgan fingerprint density at radius 2 is 1.39 bits per heavy atom. The van der Waals surface area contributed by atoms with Crippen molar-refractivity contribution in [2.45, 2.75) is 39.0 Å². The van der Waals surface area contributed by atoms with E-state index in [1.165, 1.54) is 43.4 Å². The Morgan fingerprint density at radius 1 is 0.826 bits per heavy atom. The van der Waals surface area contributed by atoms with E-state index in [4.69, 9.17) is 10.0 Å². The van der Waals surface area contributed by atoms with Crippen LogP contribution in [0.4, 0.5) is 8.78 Å². The van der Waals surface area contributed by atoms with Crippen molar-refractivity contribution in [1.82, 2.24) is 0 Å². The van der Waals surface area contributed by atoms with Crippen molar-refractivity contribution in [2.24, 2.45) is 0 Å². The molecule has 0 aliphatic carbocycles. The van der Waals surface area contributed by atoms with E-state index >= 15 is 0 Å². The summed E-state index contributed by atoms with van der Waals surface area (Å²) in [6.45, 7) is 2.20. The molecule has 0 aromatic heterocycles. The molecule has 0 heterocycles. The van der Waals surface area contributed by atoms with Crippen LogP contribution in [0.25, 0.3) is 11.1 Å². The molecule has 5 heteroatoms. The second-order valence-electron chi connectivity index (χ2n) is 5.28. The van der Waals surface area contributed by atoms with Gasteiger partial charge >= 0.3 is 7.69 Å². The highest BCUT2D eigenvalue weighted by Gasteiger charge is 2.03. The number of aryl methyl sites for hydroxylation is 1. The van der Waals surface area contributed by atoms with E-state index in [1.54, 1.807) is 0 Å². The fourth-order valence-corrected chi connectivity index (χ4v) is 2.34. The molecule has 0 bridgehead atoms. The molecule has 1 radical (unpaired) electrons. The second-order valence-corrected chi connectivity index (χ2v) is 5.28. The molecule has 0 atom stereocenters. The third kappa shape index (κ3) is 7.39. The highest BCUT2D eigenvalue weighted by Crippen LogP contribution is 2.22. The van der Waals surface area contributed by atoms with Gasteiger partial charge in [0, 0.05) is 6.07 Å². The second kappa shape index (κ2) is 10.9. The first-order valence-corrected chi connectivity index (χ1v) is 7.76. The van der Waals surface area contributed by atoms with E-state index in [1.807, 2.05) is 24.3 Å². The number of halogens is 2. The monoisotopic (exact) mass is 319 g/mol. The van der Waals surface area contributed by atoms with Crippen molar-refractivity contribution < 1.29 is 18.8 Å². The van der Waals surface area contributed by atoms with E-state index in [9.17, 15) is 8.78 Å². The summed E-state index contributed by atoms with van der Waals surface area (Å²) in [5.74, 6) is -1.08. The summed E-state index contributed by atoms with van der Waals surface area (Å²) in [6.07, 6.45) is 6.04. The van der Waals surface area contributed by atoms with Gasteiger partial charge in [-0.25, -0.2) is 8.78 Å². The maximum Gasteiger partial charge on any atom is 0.482 e. The summed E-state index contributed by atoms with van der Waals surface area (Å²) >= 11 is 0. The number of unbranched alkanes of at least 4 members (excludes halogenated alkanes) is 3. The van der Waals surface area contributed by atoms with E-state index in [0.717, 1.165) is 18.1 Å². The highest BCUT2D eigenvalue weighted by atomic mass is 19.1. The third-order valence-electron chi connectivity index (χ3n) is 3.47. The zero-order valence-electron chi connectivity index (χ0n) is 13.3. The lowest BCUT2D eigenvalue weighted by atomic mass is 10.0. The fourth-order valence-electron chi connectivity index (χ4n) is 2.34. The van der Waals surface area contributed by atoms with Crippen LogP contribution in [-0.4, -0.2) is 17.7 Å². The van der Waals surface area contributed by atoms with Gasteiger partial charge in [-0.3, -0.25) is 0 Å². The van der Waals surface area contributed by atoms with Crippen LogP contribution in [-0.2, 0) is 6.42 Å². The van der Waals surface area contributed by atoms with Crippen molar-refractivity contribution in [1.29, 1.82) is 0 Å². The predicted octanol–water partition coefficient (Wildman–Crippen LogP) is 4.26. The number of rotatable bonds is 6. The Kier molecular flexibility index (Phi) is 9.18. The lowest BCUT2D eigenvalue weighted by Gasteiger charge is -2.05. The molecule has 2 rings (SSSR count). The van der Waals surface area contributed by atoms with Crippen LogP contribution >= 0.6 is 0 Å². The summed E-state index contributed by atoms with van der Waals surface area (Å²) in [4.78, 5) is 0. The summed E-state index contributed by atoms with van der Waals surface area (Å²) in [6, 6.07) is 11.6. The standard InChI is InChI=1S/C18H20F2.BH2O2/c1-2-3-4-5-6-14-7-9-15(10-8-14)16-11-17(19)13-18(20)12-16;2-1-3/h7-13H,2-6H2,1H3;2-3H. The molecule has 2 nitrogen and oxygen atoms in total. The van der Waals surface area contributed by atoms with Crippen LogP contribution in [0.3, 0.4) is 0 Å². The minimum Gasteiger partial charge on any atom is -0.429 e. The summed E-state index contributed by atoms with van der Waals surface area (Å²) in [5, 5.41) is 14.0. The van der Waals surface area contributed by atoms with Gasteiger partial charge in [0.15, 0.2) is 0 Å². The van der Waals surface area contributed by atoms with Crippen LogP contribution in [0.1, 0.15) is 38.2 Å². The highest BCUT2D eigenvalue weighted by molar-refractivity contribution is 6.13. The minimum absolute atomic E-state index is 0. The van der Waals surface area contributed by atoms with Crippen molar-refractivity contribution in [3.8, 4) is 11.1 Å². The van der Waals surface area contributed by atoms with Gasteiger partial charge in [0.1, 0.15) is 11.6 Å². The topological polar surface area (TPSA) is 40.5 Å². The first-order valence-electron chi connectivity index (χ1n) is 7.76. The smallest absolute Gasteiger partial charge is 0.429 e. The first kappa shape index (κ1) is 19.3. The van der Waals surface area contributed by atoms with Gasteiger partial charge in [0.25, 0.3) is 0 Å². The Bertz CT molecular complexity index is 553. The lowest BCUT2D eigenvalue weighted by molar-refractivity contribution is 0.448. The predicted molar refractivity (Wildman–Crippen MR) is 89.8 cm³/mol. The van der Waals surface area contributed by atoms with Gasteiger partial charge in [-0.2, -0.15) is 0 Å². The normalized spacial score (nSPS) is 9.96. The van der Waals surface area contributed by atoms with Gasteiger partial charge < -0.3 is 10.0 Å². The molecule has 0 fully saturated rings.